The number of aryl methyl sites for hydroxylation is 1. The largest absolute Gasteiger partial charge is 0.499 e. The number of fused-ring (bicyclic) bond motifs is 1. The van der Waals surface area contributed by atoms with Crippen molar-refractivity contribution >= 4 is 33.3 Å². The van der Waals surface area contributed by atoms with Crippen molar-refractivity contribution in [2.24, 2.45) is 0 Å². The molecule has 14 heavy (non-hydrogen) atoms. The van der Waals surface area contributed by atoms with E-state index in [4.69, 9.17) is 10.0 Å². The van der Waals surface area contributed by atoms with Crippen LogP contribution in [0.15, 0.2) is 24.3 Å². The lowest BCUT2D eigenvalue weighted by atomic mass is 9.89. The third-order valence-corrected chi connectivity index (χ3v) is 3.42. The molecule has 0 saturated carbocycles. The Bertz CT molecular complexity index is 450. The van der Waals surface area contributed by atoms with Crippen LogP contribution >= 0.6 is 11.3 Å². The van der Waals surface area contributed by atoms with Gasteiger partial charge in [-0.1, -0.05) is 19.1 Å². The van der Waals surface area contributed by atoms with Gasteiger partial charge in [-0.25, -0.2) is 0 Å². The third kappa shape index (κ3) is 1.69. The van der Waals surface area contributed by atoms with Gasteiger partial charge in [-0.3, -0.25) is 0 Å². The van der Waals surface area contributed by atoms with E-state index < -0.39 is 7.12 Å². The Morgan fingerprint density at radius 1 is 1.29 bits per heavy atom. The monoisotopic (exact) mass is 206 g/mol. The van der Waals surface area contributed by atoms with Gasteiger partial charge in [0.1, 0.15) is 0 Å². The number of hydrogen-bond acceptors (Lipinski definition) is 3. The van der Waals surface area contributed by atoms with Crippen molar-refractivity contribution < 1.29 is 10.0 Å². The highest BCUT2D eigenvalue weighted by atomic mass is 32.1. The molecule has 4 heteroatoms. The maximum Gasteiger partial charge on any atom is 0.499 e. The number of rotatable bonds is 2. The molecule has 0 fully saturated rings. The third-order valence-electron chi connectivity index (χ3n) is 2.26. The number of benzene rings is 1. The summed E-state index contributed by atoms with van der Waals surface area (Å²) in [5.41, 5.74) is 1.27. The van der Waals surface area contributed by atoms with Crippen molar-refractivity contribution in [3.63, 3.8) is 0 Å². The smallest absolute Gasteiger partial charge is 0.423 e. The summed E-state index contributed by atoms with van der Waals surface area (Å²) in [5, 5.41) is 19.1. The van der Waals surface area contributed by atoms with Crippen LogP contribution in [0, 0.1) is 0 Å². The first-order chi connectivity index (χ1) is 6.70. The Kier molecular flexibility index (Phi) is 2.59. The van der Waals surface area contributed by atoms with E-state index >= 15 is 0 Å². The summed E-state index contributed by atoms with van der Waals surface area (Å²) in [7, 11) is -1.35. The van der Waals surface area contributed by atoms with E-state index in [1.807, 2.05) is 12.1 Å². The van der Waals surface area contributed by atoms with E-state index in [-0.39, 0.29) is 0 Å². The maximum absolute atomic E-state index is 9.02. The van der Waals surface area contributed by atoms with Gasteiger partial charge >= 0.3 is 7.12 Å². The molecule has 0 spiro atoms. The minimum atomic E-state index is -1.35. The molecule has 1 heterocycles. The first-order valence-corrected chi connectivity index (χ1v) is 5.41. The molecule has 1 aromatic carbocycles. The van der Waals surface area contributed by atoms with Gasteiger partial charge in [0, 0.05) is 9.48 Å². The Morgan fingerprint density at radius 2 is 2.07 bits per heavy atom. The van der Waals surface area contributed by atoms with Crippen LogP contribution in [-0.4, -0.2) is 17.2 Å². The predicted octanol–water partition coefficient (Wildman–Crippen LogP) is 1.14. The Morgan fingerprint density at radius 3 is 2.71 bits per heavy atom. The van der Waals surface area contributed by atoms with Crippen LogP contribution in [-0.2, 0) is 6.42 Å². The summed E-state index contributed by atoms with van der Waals surface area (Å²) in [6.07, 6.45) is 1.00. The van der Waals surface area contributed by atoms with Gasteiger partial charge < -0.3 is 10.0 Å². The van der Waals surface area contributed by atoms with Crippen molar-refractivity contribution in [3.05, 3.63) is 29.8 Å². The minimum Gasteiger partial charge on any atom is -0.423 e. The summed E-state index contributed by atoms with van der Waals surface area (Å²) in [6, 6.07) is 8.04. The zero-order valence-corrected chi connectivity index (χ0v) is 8.71. The number of hydrogen-bond donors (Lipinski definition) is 2. The molecular formula is C10H11BO2S. The molecule has 0 aliphatic rings. The normalized spacial score (nSPS) is 10.8. The van der Waals surface area contributed by atoms with Gasteiger partial charge in [0.05, 0.1) is 0 Å². The summed E-state index contributed by atoms with van der Waals surface area (Å²) in [4.78, 5) is 0. The van der Waals surface area contributed by atoms with E-state index in [1.54, 1.807) is 0 Å². The molecule has 0 bridgehead atoms. The van der Waals surface area contributed by atoms with E-state index in [2.05, 4.69) is 19.1 Å². The van der Waals surface area contributed by atoms with Gasteiger partial charge in [0.15, 0.2) is 0 Å². The maximum atomic E-state index is 9.02. The van der Waals surface area contributed by atoms with Crippen molar-refractivity contribution in [1.29, 1.82) is 0 Å². The highest BCUT2D eigenvalue weighted by Crippen LogP contribution is 2.20. The zero-order chi connectivity index (χ0) is 10.1. The predicted molar refractivity (Wildman–Crippen MR) is 61.0 cm³/mol. The molecule has 0 radical (unpaired) electrons. The van der Waals surface area contributed by atoms with Crippen molar-refractivity contribution in [3.8, 4) is 0 Å². The fourth-order valence-electron chi connectivity index (χ4n) is 1.46. The van der Waals surface area contributed by atoms with Crippen LogP contribution in [0.3, 0.4) is 0 Å². The molecule has 0 atom stereocenters. The van der Waals surface area contributed by atoms with Gasteiger partial charge in [-0.05, 0) is 29.5 Å². The lowest BCUT2D eigenvalue weighted by molar-refractivity contribution is 0.427. The van der Waals surface area contributed by atoms with Gasteiger partial charge in [0.25, 0.3) is 0 Å². The molecule has 0 amide bonds. The fraction of sp³-hybridized carbons (Fsp3) is 0.200. The molecule has 2 N–H and O–H groups in total. The van der Waals surface area contributed by atoms with Crippen LogP contribution in [0.5, 0.6) is 0 Å². The molecule has 72 valence electrons. The van der Waals surface area contributed by atoms with Gasteiger partial charge in [-0.15, -0.1) is 11.3 Å². The first-order valence-electron chi connectivity index (χ1n) is 4.59. The Labute approximate surface area is 87.0 Å². The van der Waals surface area contributed by atoms with Crippen LogP contribution in [0.2, 0.25) is 0 Å². The molecule has 2 nitrogen and oxygen atoms in total. The highest BCUT2D eigenvalue weighted by molar-refractivity contribution is 7.27. The van der Waals surface area contributed by atoms with Gasteiger partial charge in [0.2, 0.25) is 0 Å². The average molecular weight is 206 g/mol. The van der Waals surface area contributed by atoms with Crippen LogP contribution in [0.1, 0.15) is 12.5 Å². The van der Waals surface area contributed by atoms with E-state index in [1.165, 1.54) is 16.9 Å². The molecule has 0 saturated heterocycles. The van der Waals surface area contributed by atoms with E-state index in [0.29, 0.717) is 4.78 Å². The van der Waals surface area contributed by atoms with Crippen LogP contribution < -0.4 is 4.78 Å². The molecule has 0 aliphatic heterocycles. The Balaban J connectivity index is 2.54. The molecule has 2 aromatic rings. The van der Waals surface area contributed by atoms with E-state index in [0.717, 1.165) is 16.5 Å². The summed E-state index contributed by atoms with van der Waals surface area (Å²) in [5.74, 6) is 0. The SMILES string of the molecule is CCc1ccc2sc(B(O)O)cc2c1. The standard InChI is InChI=1S/C10H11BO2S/c1-2-7-3-4-9-8(5-7)6-10(14-9)11(12)13/h3-6,12-13H,2H2,1H3. The van der Waals surface area contributed by atoms with Crippen LogP contribution in [0.25, 0.3) is 10.1 Å². The molecule has 0 aliphatic carbocycles. The number of thiophene rings is 1. The first kappa shape index (κ1) is 9.71. The summed E-state index contributed by atoms with van der Waals surface area (Å²) < 4.78 is 1.71. The van der Waals surface area contributed by atoms with Crippen molar-refractivity contribution in [2.45, 2.75) is 13.3 Å². The van der Waals surface area contributed by atoms with Gasteiger partial charge in [-0.2, -0.15) is 0 Å². The molecule has 1 aromatic heterocycles. The molecule has 0 unspecified atom stereocenters. The van der Waals surface area contributed by atoms with E-state index in [9.17, 15) is 0 Å². The lowest BCUT2D eigenvalue weighted by Gasteiger charge is -1.94. The Hall–Kier alpha value is -0.835. The second-order valence-electron chi connectivity index (χ2n) is 3.25. The second-order valence-corrected chi connectivity index (χ2v) is 4.36. The molecule has 2 rings (SSSR count). The topological polar surface area (TPSA) is 40.5 Å². The summed E-state index contributed by atoms with van der Waals surface area (Å²) >= 11 is 1.42. The zero-order valence-electron chi connectivity index (χ0n) is 7.90. The fourth-order valence-corrected chi connectivity index (χ4v) is 2.38. The van der Waals surface area contributed by atoms with Crippen molar-refractivity contribution in [1.82, 2.24) is 0 Å². The minimum absolute atomic E-state index is 0.605. The quantitative estimate of drug-likeness (QED) is 0.723. The average Bonchev–Trinajstić information content (AvgIpc) is 2.59. The highest BCUT2D eigenvalue weighted by Gasteiger charge is 2.14. The second kappa shape index (κ2) is 3.73. The molecular weight excluding hydrogens is 195 g/mol. The summed E-state index contributed by atoms with van der Waals surface area (Å²) in [6.45, 7) is 2.11. The van der Waals surface area contributed by atoms with Crippen LogP contribution in [0.4, 0.5) is 0 Å². The van der Waals surface area contributed by atoms with Crippen molar-refractivity contribution in [2.75, 3.05) is 0 Å². The lowest BCUT2D eigenvalue weighted by Crippen LogP contribution is -2.26.